The van der Waals surface area contributed by atoms with Gasteiger partial charge in [0.25, 0.3) is 18.1 Å². The van der Waals surface area contributed by atoms with Crippen LogP contribution in [0, 0.1) is 0 Å². The summed E-state index contributed by atoms with van der Waals surface area (Å²) in [5.41, 5.74) is 1.25. The predicted octanol–water partition coefficient (Wildman–Crippen LogP) is 11.5. The van der Waals surface area contributed by atoms with Crippen molar-refractivity contribution in [2.45, 2.75) is 0 Å². The largest absolute Gasteiger partial charge is 0.496 e. The molecule has 290 valence electrons. The first-order valence-electron chi connectivity index (χ1n) is 18.0. The molecule has 58 heavy (non-hydrogen) atoms. The predicted molar refractivity (Wildman–Crippen MR) is 230 cm³/mol. The Morgan fingerprint density at radius 2 is 0.724 bits per heavy atom. The van der Waals surface area contributed by atoms with Crippen LogP contribution >= 0.6 is 18.1 Å². The van der Waals surface area contributed by atoms with Crippen molar-refractivity contribution in [3.8, 4) is 45.6 Å². The highest BCUT2D eigenvalue weighted by molar-refractivity contribution is 7.27. The van der Waals surface area contributed by atoms with Crippen LogP contribution in [0.1, 0.15) is 20.7 Å². The number of ether oxygens (including phenoxy) is 4. The Bertz CT molecular complexity index is 2660. The number of fused-ring (bicyclic) bond motifs is 4. The van der Waals surface area contributed by atoms with Gasteiger partial charge in [-0.2, -0.15) is 0 Å². The summed E-state index contributed by atoms with van der Waals surface area (Å²) in [6, 6.07) is 41.3. The van der Waals surface area contributed by atoms with E-state index in [0.29, 0.717) is 44.9 Å². The van der Waals surface area contributed by atoms with Gasteiger partial charge in [0.1, 0.15) is 45.6 Å². The van der Waals surface area contributed by atoms with E-state index in [1.165, 1.54) is 14.2 Å². The van der Waals surface area contributed by atoms with E-state index in [9.17, 15) is 9.59 Å². The number of hydrogen-bond donors (Lipinski definition) is 0. The second-order valence-electron chi connectivity index (χ2n) is 12.9. The van der Waals surface area contributed by atoms with Gasteiger partial charge in [-0.3, -0.25) is 0 Å². The van der Waals surface area contributed by atoms with Gasteiger partial charge in [-0.25, -0.2) is 9.59 Å². The smallest absolute Gasteiger partial charge is 0.341 e. The van der Waals surface area contributed by atoms with E-state index < -0.39 is 30.0 Å². The highest BCUT2D eigenvalue weighted by Gasteiger charge is 2.29. The summed E-state index contributed by atoms with van der Waals surface area (Å²) in [4.78, 5) is 27.4. The SMILES string of the molecule is COC(=O)c1cc2ccccc2c(-c2c(OPOc3ccc(OC)c4ccccc34)c(C(=O)OC)cc3ccccc23)c1OPOc1ccc(OC)c2ccccc12. The quantitative estimate of drug-likeness (QED) is 0.0825. The lowest BCUT2D eigenvalue weighted by Gasteiger charge is -2.22. The average molecular weight is 811 g/mol. The van der Waals surface area contributed by atoms with Crippen molar-refractivity contribution in [2.24, 2.45) is 0 Å². The van der Waals surface area contributed by atoms with Gasteiger partial charge >= 0.3 is 11.9 Å². The highest BCUT2D eigenvalue weighted by atomic mass is 31.1. The van der Waals surface area contributed by atoms with Gasteiger partial charge in [-0.05, 0) is 57.9 Å². The lowest BCUT2D eigenvalue weighted by molar-refractivity contribution is 0.0589. The summed E-state index contributed by atoms with van der Waals surface area (Å²) in [5, 5.41) is 6.25. The Balaban J connectivity index is 1.30. The molecule has 0 spiro atoms. The van der Waals surface area contributed by atoms with Gasteiger partial charge in [0.2, 0.25) is 0 Å². The fourth-order valence-electron chi connectivity index (χ4n) is 7.13. The van der Waals surface area contributed by atoms with Crippen molar-refractivity contribution in [3.63, 3.8) is 0 Å². The zero-order chi connectivity index (χ0) is 40.2. The van der Waals surface area contributed by atoms with E-state index >= 15 is 0 Å². The molecule has 0 aliphatic carbocycles. The maximum atomic E-state index is 13.7. The lowest BCUT2D eigenvalue weighted by atomic mass is 9.89. The number of carbonyl (C=O) groups excluding carboxylic acids is 2. The summed E-state index contributed by atoms with van der Waals surface area (Å²) < 4.78 is 47.7. The molecule has 12 heteroatoms. The molecule has 0 heterocycles. The number of esters is 2. The van der Waals surface area contributed by atoms with E-state index in [0.717, 1.165) is 32.3 Å². The van der Waals surface area contributed by atoms with Gasteiger partial charge < -0.3 is 37.0 Å². The van der Waals surface area contributed by atoms with Crippen LogP contribution in [0.25, 0.3) is 54.2 Å². The molecule has 8 aromatic rings. The third-order valence-corrected chi connectivity index (χ3v) is 11.0. The molecular weight excluding hydrogens is 774 g/mol. The standard InChI is InChI=1S/C46H36O10P2/c1-49-37-21-23-39(33-19-11-9-17-31(33)37)53-57-55-43-35(45(47)51-3)25-27-13-5-7-15-29(27)41(43)42-30-16-8-6-14-28(30)26-36(46(48)52-4)44(42)56-58-54-40-24-22-38(50-2)32-18-10-12-20-34(32)40/h5-26,57-58H,1-4H3. The molecule has 0 fully saturated rings. The van der Waals surface area contributed by atoms with E-state index in [1.54, 1.807) is 26.4 Å². The van der Waals surface area contributed by atoms with Gasteiger partial charge in [-0.1, -0.05) is 97.1 Å². The molecule has 0 radical (unpaired) electrons. The molecule has 0 saturated heterocycles. The minimum Gasteiger partial charge on any atom is -0.496 e. The van der Waals surface area contributed by atoms with E-state index in [2.05, 4.69) is 0 Å². The minimum atomic E-state index is -0.630. The van der Waals surface area contributed by atoms with Gasteiger partial charge in [0.05, 0.1) is 28.4 Å². The Hall–Kier alpha value is -6.60. The second-order valence-corrected chi connectivity index (χ2v) is 14.0. The maximum Gasteiger partial charge on any atom is 0.341 e. The van der Waals surface area contributed by atoms with Crippen LogP contribution in [0.3, 0.4) is 0 Å². The Kier molecular flexibility index (Phi) is 11.1. The summed E-state index contributed by atoms with van der Waals surface area (Å²) >= 11 is 0. The van der Waals surface area contributed by atoms with Crippen molar-refractivity contribution in [1.29, 1.82) is 0 Å². The maximum absolute atomic E-state index is 13.7. The number of carbonyl (C=O) groups is 2. The molecule has 0 N–H and O–H groups in total. The first-order valence-corrected chi connectivity index (χ1v) is 19.7. The molecule has 0 bridgehead atoms. The Morgan fingerprint density at radius 1 is 0.397 bits per heavy atom. The molecule has 8 rings (SSSR count). The van der Waals surface area contributed by atoms with Crippen LogP contribution in [0.2, 0.25) is 0 Å². The molecule has 0 aliphatic rings. The molecule has 0 amide bonds. The molecule has 0 aromatic heterocycles. The molecule has 8 aromatic carbocycles. The average Bonchev–Trinajstić information content (AvgIpc) is 3.28. The zero-order valence-corrected chi connectivity index (χ0v) is 33.8. The molecule has 2 unspecified atom stereocenters. The first kappa shape index (κ1) is 38.3. The number of hydrogen-bond acceptors (Lipinski definition) is 10. The van der Waals surface area contributed by atoms with E-state index in [-0.39, 0.29) is 22.6 Å². The summed E-state index contributed by atoms with van der Waals surface area (Å²) in [6.07, 6.45) is 0. The fourth-order valence-corrected chi connectivity index (χ4v) is 8.33. The zero-order valence-electron chi connectivity index (χ0n) is 31.8. The van der Waals surface area contributed by atoms with Crippen molar-refractivity contribution in [1.82, 2.24) is 0 Å². The number of benzene rings is 8. The third kappa shape index (κ3) is 7.13. The highest BCUT2D eigenvalue weighted by Crippen LogP contribution is 2.51. The van der Waals surface area contributed by atoms with E-state index in [1.807, 2.05) is 121 Å². The van der Waals surface area contributed by atoms with Gasteiger partial charge in [0, 0.05) is 32.7 Å². The molecule has 0 saturated carbocycles. The van der Waals surface area contributed by atoms with E-state index in [4.69, 9.17) is 37.0 Å². The van der Waals surface area contributed by atoms with Crippen molar-refractivity contribution < 1.29 is 46.6 Å². The second kappa shape index (κ2) is 16.9. The summed E-state index contributed by atoms with van der Waals surface area (Å²) in [6.45, 7) is 0. The van der Waals surface area contributed by atoms with Gasteiger partial charge in [-0.15, -0.1) is 0 Å². The van der Waals surface area contributed by atoms with Crippen LogP contribution in [-0.4, -0.2) is 40.4 Å². The summed E-state index contributed by atoms with van der Waals surface area (Å²) in [5.74, 6) is 1.60. The van der Waals surface area contributed by atoms with Crippen molar-refractivity contribution in [2.75, 3.05) is 28.4 Å². The molecule has 2 atom stereocenters. The normalized spacial score (nSPS) is 11.4. The monoisotopic (exact) mass is 810 g/mol. The van der Waals surface area contributed by atoms with Crippen LogP contribution < -0.4 is 27.6 Å². The Morgan fingerprint density at radius 3 is 1.09 bits per heavy atom. The van der Waals surface area contributed by atoms with Crippen molar-refractivity contribution in [3.05, 3.63) is 145 Å². The van der Waals surface area contributed by atoms with Crippen molar-refractivity contribution >= 4 is 73.1 Å². The van der Waals surface area contributed by atoms with Crippen LogP contribution in [0.15, 0.2) is 133 Å². The molecular formula is C46H36O10P2. The van der Waals surface area contributed by atoms with Crippen LogP contribution in [0.4, 0.5) is 0 Å². The number of rotatable bonds is 13. The Labute approximate surface area is 337 Å². The fraction of sp³-hybridized carbons (Fsp3) is 0.0870. The third-order valence-electron chi connectivity index (χ3n) is 9.78. The summed E-state index contributed by atoms with van der Waals surface area (Å²) in [7, 11) is 4.61. The minimum absolute atomic E-state index is 0.147. The van der Waals surface area contributed by atoms with Crippen LogP contribution in [-0.2, 0) is 9.47 Å². The molecule has 10 nitrogen and oxygen atoms in total. The number of methoxy groups -OCH3 is 4. The topological polar surface area (TPSA) is 108 Å². The van der Waals surface area contributed by atoms with Crippen LogP contribution in [0.5, 0.6) is 34.5 Å². The first-order chi connectivity index (χ1) is 28.4. The van der Waals surface area contributed by atoms with Gasteiger partial charge in [0.15, 0.2) is 0 Å². The molecule has 0 aliphatic heterocycles. The lowest BCUT2D eigenvalue weighted by Crippen LogP contribution is -2.08.